The Hall–Kier alpha value is -0.640. The van der Waals surface area contributed by atoms with Crippen LogP contribution in [0, 0.1) is 0 Å². The molecule has 1 aliphatic carbocycles. The lowest BCUT2D eigenvalue weighted by atomic mass is 10.1. The van der Waals surface area contributed by atoms with Crippen molar-refractivity contribution in [1.29, 1.82) is 0 Å². The Balaban J connectivity index is 2.06. The van der Waals surface area contributed by atoms with Crippen LogP contribution in [0.1, 0.15) is 51.3 Å². The first-order chi connectivity index (χ1) is 7.26. The van der Waals surface area contributed by atoms with E-state index in [-0.39, 0.29) is 0 Å². The fourth-order valence-corrected chi connectivity index (χ4v) is 2.65. The molecule has 0 atom stereocenters. The van der Waals surface area contributed by atoms with Gasteiger partial charge >= 0.3 is 0 Å². The van der Waals surface area contributed by atoms with Crippen molar-refractivity contribution in [1.82, 2.24) is 9.36 Å². The zero-order valence-electron chi connectivity index (χ0n) is 9.73. The van der Waals surface area contributed by atoms with Crippen molar-refractivity contribution >= 4 is 16.7 Å². The Bertz CT molecular complexity index is 315. The number of rotatable bonds is 5. The maximum atomic E-state index is 4.62. The maximum absolute atomic E-state index is 4.62. The summed E-state index contributed by atoms with van der Waals surface area (Å²) in [6.07, 6.45) is 4.91. The highest BCUT2D eigenvalue weighted by atomic mass is 32.1. The van der Waals surface area contributed by atoms with Crippen LogP contribution in [0.15, 0.2) is 0 Å². The quantitative estimate of drug-likeness (QED) is 0.771. The van der Waals surface area contributed by atoms with E-state index < -0.39 is 0 Å². The smallest absolute Gasteiger partial charge is 0.205 e. The average Bonchev–Trinajstić information content (AvgIpc) is 2.98. The molecule has 84 valence electrons. The first-order valence-corrected chi connectivity index (χ1v) is 6.60. The molecule has 1 aliphatic rings. The lowest BCUT2D eigenvalue weighted by Crippen LogP contribution is -2.30. The molecular formula is C11H19N3S. The fraction of sp³-hybridized carbons (Fsp3) is 0.818. The van der Waals surface area contributed by atoms with Gasteiger partial charge in [0.15, 0.2) is 0 Å². The normalized spacial score (nSPS) is 16.0. The van der Waals surface area contributed by atoms with Crippen LogP contribution in [-0.4, -0.2) is 22.4 Å². The monoisotopic (exact) mass is 225 g/mol. The summed E-state index contributed by atoms with van der Waals surface area (Å²) in [5, 5.41) is 1.09. The third-order valence-corrected chi connectivity index (χ3v) is 3.99. The van der Waals surface area contributed by atoms with Gasteiger partial charge in [-0.15, -0.1) is 0 Å². The Morgan fingerprint density at radius 2 is 2.07 bits per heavy atom. The first-order valence-electron chi connectivity index (χ1n) is 5.82. The van der Waals surface area contributed by atoms with E-state index in [9.17, 15) is 0 Å². The van der Waals surface area contributed by atoms with Crippen LogP contribution in [0.5, 0.6) is 0 Å². The fourth-order valence-electron chi connectivity index (χ4n) is 1.87. The molecule has 3 nitrogen and oxygen atoms in total. The van der Waals surface area contributed by atoms with Crippen LogP contribution >= 0.6 is 11.5 Å². The van der Waals surface area contributed by atoms with E-state index >= 15 is 0 Å². The van der Waals surface area contributed by atoms with Crippen LogP contribution < -0.4 is 4.90 Å². The third kappa shape index (κ3) is 2.30. The standard InChI is InChI=1S/C11H19N3S/c1-4-9(5-2)14(3)11-12-10(13-15-11)8-6-7-8/h8-9H,4-7H2,1-3H3. The topological polar surface area (TPSA) is 29.0 Å². The van der Waals surface area contributed by atoms with Gasteiger partial charge in [-0.3, -0.25) is 0 Å². The van der Waals surface area contributed by atoms with Crippen molar-refractivity contribution in [3.63, 3.8) is 0 Å². The zero-order chi connectivity index (χ0) is 10.8. The van der Waals surface area contributed by atoms with Crippen LogP contribution in [0.25, 0.3) is 0 Å². The van der Waals surface area contributed by atoms with Crippen molar-refractivity contribution in [2.45, 2.75) is 51.5 Å². The first kappa shape index (κ1) is 10.9. The second-order valence-corrected chi connectivity index (χ2v) is 5.02. The minimum Gasteiger partial charge on any atom is -0.347 e. The molecule has 0 amide bonds. The van der Waals surface area contributed by atoms with E-state index in [4.69, 9.17) is 0 Å². The van der Waals surface area contributed by atoms with Gasteiger partial charge in [0.05, 0.1) is 0 Å². The molecule has 1 saturated carbocycles. The summed E-state index contributed by atoms with van der Waals surface area (Å²) in [5.74, 6) is 1.75. The van der Waals surface area contributed by atoms with Crippen molar-refractivity contribution in [2.24, 2.45) is 0 Å². The summed E-state index contributed by atoms with van der Waals surface area (Å²) < 4.78 is 4.44. The minimum atomic E-state index is 0.602. The molecule has 0 unspecified atom stereocenters. The molecule has 2 rings (SSSR count). The number of aromatic nitrogens is 2. The lowest BCUT2D eigenvalue weighted by Gasteiger charge is -2.24. The molecule has 0 bridgehead atoms. The van der Waals surface area contributed by atoms with E-state index in [1.165, 1.54) is 25.7 Å². The highest BCUT2D eigenvalue weighted by Gasteiger charge is 2.28. The Morgan fingerprint density at radius 1 is 1.40 bits per heavy atom. The highest BCUT2D eigenvalue weighted by Crippen LogP contribution is 2.39. The minimum absolute atomic E-state index is 0.602. The molecule has 1 aromatic rings. The summed E-state index contributed by atoms with van der Waals surface area (Å²) in [7, 11) is 2.13. The predicted molar refractivity (Wildman–Crippen MR) is 64.7 cm³/mol. The molecule has 15 heavy (non-hydrogen) atoms. The van der Waals surface area contributed by atoms with Crippen LogP contribution in [0.4, 0.5) is 5.13 Å². The van der Waals surface area contributed by atoms with Gasteiger partial charge in [0.25, 0.3) is 0 Å². The molecule has 0 saturated heterocycles. The summed E-state index contributed by atoms with van der Waals surface area (Å²) in [4.78, 5) is 6.90. The van der Waals surface area contributed by atoms with Crippen molar-refractivity contribution in [3.8, 4) is 0 Å². The highest BCUT2D eigenvalue weighted by molar-refractivity contribution is 7.09. The Morgan fingerprint density at radius 3 is 2.60 bits per heavy atom. The summed E-state index contributed by atoms with van der Waals surface area (Å²) >= 11 is 1.55. The van der Waals surface area contributed by atoms with Gasteiger partial charge in [0.2, 0.25) is 5.13 Å². The largest absolute Gasteiger partial charge is 0.347 e. The molecule has 1 fully saturated rings. The van der Waals surface area contributed by atoms with Gasteiger partial charge in [0, 0.05) is 30.5 Å². The van der Waals surface area contributed by atoms with Crippen molar-refractivity contribution in [3.05, 3.63) is 5.82 Å². The molecule has 0 spiro atoms. The van der Waals surface area contributed by atoms with Gasteiger partial charge in [-0.05, 0) is 25.7 Å². The van der Waals surface area contributed by atoms with E-state index in [2.05, 4.69) is 35.2 Å². The molecule has 0 aromatic carbocycles. The third-order valence-electron chi connectivity index (χ3n) is 3.17. The van der Waals surface area contributed by atoms with Gasteiger partial charge in [0.1, 0.15) is 5.82 Å². The van der Waals surface area contributed by atoms with E-state index in [0.29, 0.717) is 12.0 Å². The Labute approximate surface area is 95.7 Å². The molecule has 1 heterocycles. The lowest BCUT2D eigenvalue weighted by molar-refractivity contribution is 0.590. The second-order valence-electron chi connectivity index (χ2n) is 4.29. The Kier molecular flexibility index (Phi) is 3.24. The SMILES string of the molecule is CCC(CC)N(C)c1nc(C2CC2)ns1. The van der Waals surface area contributed by atoms with Crippen molar-refractivity contribution < 1.29 is 0 Å². The van der Waals surface area contributed by atoms with Crippen molar-refractivity contribution in [2.75, 3.05) is 11.9 Å². The number of hydrogen-bond acceptors (Lipinski definition) is 4. The number of anilines is 1. The summed E-state index contributed by atoms with van der Waals surface area (Å²) in [6.45, 7) is 4.46. The summed E-state index contributed by atoms with van der Waals surface area (Å²) in [5.41, 5.74) is 0. The van der Waals surface area contributed by atoms with Crippen LogP contribution in [-0.2, 0) is 0 Å². The molecule has 0 radical (unpaired) electrons. The van der Waals surface area contributed by atoms with E-state index in [1.54, 1.807) is 11.5 Å². The predicted octanol–water partition coefficient (Wildman–Crippen LogP) is 3.04. The second kappa shape index (κ2) is 4.47. The van der Waals surface area contributed by atoms with Gasteiger partial charge < -0.3 is 4.90 Å². The van der Waals surface area contributed by atoms with Crippen LogP contribution in [0.2, 0.25) is 0 Å². The van der Waals surface area contributed by atoms with E-state index in [1.807, 2.05) is 0 Å². The molecule has 1 aromatic heterocycles. The van der Waals surface area contributed by atoms with Crippen LogP contribution in [0.3, 0.4) is 0 Å². The summed E-state index contributed by atoms with van der Waals surface area (Å²) in [6, 6.07) is 0.602. The molecule has 4 heteroatoms. The molecule has 0 N–H and O–H groups in total. The van der Waals surface area contributed by atoms with Gasteiger partial charge in [-0.25, -0.2) is 4.98 Å². The maximum Gasteiger partial charge on any atom is 0.205 e. The average molecular weight is 225 g/mol. The molecule has 0 aliphatic heterocycles. The number of hydrogen-bond donors (Lipinski definition) is 0. The van der Waals surface area contributed by atoms with E-state index in [0.717, 1.165) is 11.0 Å². The van der Waals surface area contributed by atoms with Gasteiger partial charge in [-0.1, -0.05) is 13.8 Å². The zero-order valence-corrected chi connectivity index (χ0v) is 10.5. The number of nitrogens with zero attached hydrogens (tertiary/aromatic N) is 3. The van der Waals surface area contributed by atoms with Gasteiger partial charge in [-0.2, -0.15) is 4.37 Å². The molecular weight excluding hydrogens is 206 g/mol.